The van der Waals surface area contributed by atoms with Crippen LogP contribution in [0.1, 0.15) is 32.7 Å². The van der Waals surface area contributed by atoms with Crippen molar-refractivity contribution in [1.29, 1.82) is 0 Å². The summed E-state index contributed by atoms with van der Waals surface area (Å²) in [7, 11) is 0. The third kappa shape index (κ3) is 5.47. The normalized spacial score (nSPS) is 15.8. The number of halogens is 2. The number of thiazole rings is 1. The lowest BCUT2D eigenvalue weighted by atomic mass is 10.1. The van der Waals surface area contributed by atoms with Gasteiger partial charge in [0.1, 0.15) is 0 Å². The second kappa shape index (κ2) is 10.4. The first kappa shape index (κ1) is 22.7. The van der Waals surface area contributed by atoms with Gasteiger partial charge in [-0.25, -0.2) is 19.3 Å². The molecule has 1 unspecified atom stereocenters. The minimum atomic E-state index is -0.516. The highest BCUT2D eigenvalue weighted by molar-refractivity contribution is 7.11. The number of carbonyl (C=O) groups excluding carboxylic acids is 1. The van der Waals surface area contributed by atoms with E-state index in [1.165, 1.54) is 0 Å². The van der Waals surface area contributed by atoms with Crippen LogP contribution in [0.15, 0.2) is 36.8 Å². The summed E-state index contributed by atoms with van der Waals surface area (Å²) >= 11 is 8.02. The molecule has 1 saturated heterocycles. The Morgan fingerprint density at radius 2 is 2.06 bits per heavy atom. The van der Waals surface area contributed by atoms with Gasteiger partial charge in [0.2, 0.25) is 0 Å². The van der Waals surface area contributed by atoms with Gasteiger partial charge in [0, 0.05) is 42.9 Å². The highest BCUT2D eigenvalue weighted by atomic mass is 35.5. The summed E-state index contributed by atoms with van der Waals surface area (Å²) in [5, 5.41) is 4.29. The van der Waals surface area contributed by atoms with Gasteiger partial charge in [-0.15, -0.1) is 11.3 Å². The van der Waals surface area contributed by atoms with E-state index >= 15 is 0 Å². The Hall–Kier alpha value is -2.46. The van der Waals surface area contributed by atoms with Gasteiger partial charge in [-0.05, 0) is 25.5 Å². The molecule has 0 bridgehead atoms. The number of nitrogens with zero attached hydrogens (tertiary/aromatic N) is 4. The van der Waals surface area contributed by atoms with Crippen molar-refractivity contribution in [3.05, 3.63) is 63.1 Å². The van der Waals surface area contributed by atoms with Gasteiger partial charge in [0.15, 0.2) is 11.6 Å². The molecule has 3 aromatic rings. The number of amides is 1. The summed E-state index contributed by atoms with van der Waals surface area (Å²) in [5.74, 6) is -0.444. The fourth-order valence-electron chi connectivity index (χ4n) is 3.60. The van der Waals surface area contributed by atoms with Gasteiger partial charge in [-0.2, -0.15) is 0 Å². The first-order valence-electron chi connectivity index (χ1n) is 10.3. The van der Waals surface area contributed by atoms with Crippen molar-refractivity contribution in [2.45, 2.75) is 19.4 Å². The molecule has 0 radical (unpaired) electrons. The largest absolute Gasteiger partial charge is 0.380 e. The molecule has 3 heterocycles. The van der Waals surface area contributed by atoms with Crippen molar-refractivity contribution < 1.29 is 13.9 Å². The minimum absolute atomic E-state index is 0.0116. The van der Waals surface area contributed by atoms with Crippen molar-refractivity contribution in [3.63, 3.8) is 0 Å². The summed E-state index contributed by atoms with van der Waals surface area (Å²) in [4.78, 5) is 28.7. The van der Waals surface area contributed by atoms with Crippen LogP contribution in [-0.4, -0.2) is 58.6 Å². The second-order valence-electron chi connectivity index (χ2n) is 7.43. The number of carbonyl (C=O) groups is 1. The van der Waals surface area contributed by atoms with Crippen molar-refractivity contribution in [3.8, 4) is 11.4 Å². The smallest absolute Gasteiger partial charge is 0.252 e. The zero-order valence-corrected chi connectivity index (χ0v) is 19.1. The van der Waals surface area contributed by atoms with Gasteiger partial charge < -0.3 is 10.1 Å². The molecule has 1 atom stereocenters. The Balaban J connectivity index is 1.48. The van der Waals surface area contributed by atoms with Crippen LogP contribution < -0.4 is 5.32 Å². The summed E-state index contributed by atoms with van der Waals surface area (Å²) < 4.78 is 18.7. The molecule has 1 fully saturated rings. The van der Waals surface area contributed by atoms with Gasteiger partial charge in [0.25, 0.3) is 5.91 Å². The quantitative estimate of drug-likeness (QED) is 0.582. The zero-order chi connectivity index (χ0) is 22.5. The monoisotopic (exact) mass is 475 g/mol. The molecule has 1 aromatic carbocycles. The number of aryl methyl sites for hydroxylation is 1. The predicted octanol–water partition coefficient (Wildman–Crippen LogP) is 3.89. The Morgan fingerprint density at radius 1 is 1.25 bits per heavy atom. The maximum Gasteiger partial charge on any atom is 0.252 e. The van der Waals surface area contributed by atoms with Crippen LogP contribution in [0.4, 0.5) is 4.39 Å². The number of rotatable bonds is 6. The molecule has 1 N–H and O–H groups in total. The van der Waals surface area contributed by atoms with E-state index in [9.17, 15) is 9.18 Å². The van der Waals surface area contributed by atoms with E-state index in [1.54, 1.807) is 29.5 Å². The molecule has 0 spiro atoms. The lowest BCUT2D eigenvalue weighted by molar-refractivity contribution is 0.0929. The molecule has 1 amide bonds. The maximum atomic E-state index is 13.1. The average molecular weight is 476 g/mol. The van der Waals surface area contributed by atoms with Crippen LogP contribution in [0, 0.1) is 12.7 Å². The van der Waals surface area contributed by atoms with E-state index in [0.29, 0.717) is 30.1 Å². The highest BCUT2D eigenvalue weighted by Crippen LogP contribution is 2.27. The maximum absolute atomic E-state index is 13.1. The molecule has 2 aromatic heterocycles. The minimum Gasteiger partial charge on any atom is -0.380 e. The second-order valence-corrected chi connectivity index (χ2v) is 9.10. The van der Waals surface area contributed by atoms with Crippen LogP contribution in [0.25, 0.3) is 11.4 Å². The van der Waals surface area contributed by atoms with Gasteiger partial charge in [0.05, 0.1) is 40.6 Å². The van der Waals surface area contributed by atoms with E-state index in [1.807, 2.05) is 13.1 Å². The summed E-state index contributed by atoms with van der Waals surface area (Å²) in [5.41, 5.74) is 0.963. The number of aromatic nitrogens is 3. The fraction of sp³-hybridized carbons (Fsp3) is 0.364. The fourth-order valence-corrected chi connectivity index (χ4v) is 4.79. The molecule has 1 aliphatic heterocycles. The van der Waals surface area contributed by atoms with E-state index < -0.39 is 5.82 Å². The first-order valence-corrected chi connectivity index (χ1v) is 11.5. The molecule has 7 nitrogen and oxygen atoms in total. The number of hydrogen-bond acceptors (Lipinski definition) is 7. The highest BCUT2D eigenvalue weighted by Gasteiger charge is 2.25. The number of nitrogens with one attached hydrogen (secondary N) is 1. The van der Waals surface area contributed by atoms with Crippen LogP contribution in [-0.2, 0) is 4.74 Å². The summed E-state index contributed by atoms with van der Waals surface area (Å²) in [6.45, 7) is 5.51. The Bertz CT molecular complexity index is 1070. The molecule has 32 heavy (non-hydrogen) atoms. The molecule has 4 rings (SSSR count). The molecule has 0 saturated carbocycles. The van der Waals surface area contributed by atoms with Gasteiger partial charge in [-0.3, -0.25) is 9.69 Å². The van der Waals surface area contributed by atoms with Crippen molar-refractivity contribution >= 4 is 28.8 Å². The Kier molecular flexibility index (Phi) is 7.41. The molecule has 10 heteroatoms. The predicted molar refractivity (Wildman–Crippen MR) is 121 cm³/mol. The van der Waals surface area contributed by atoms with Gasteiger partial charge >= 0.3 is 0 Å². The van der Waals surface area contributed by atoms with Crippen molar-refractivity contribution in [2.24, 2.45) is 0 Å². The SMILES string of the molecule is Cc1ncc(C(CNC(=O)c2ccc(-c3ncc(F)cn3)cc2Cl)N2CCCOCC2)s1. The van der Waals surface area contributed by atoms with Crippen LogP contribution in [0.3, 0.4) is 0 Å². The van der Waals surface area contributed by atoms with E-state index in [0.717, 1.165) is 48.4 Å². The number of hydrogen-bond donors (Lipinski definition) is 1. The average Bonchev–Trinajstić information content (AvgIpc) is 3.04. The number of benzene rings is 1. The third-order valence-corrected chi connectivity index (χ3v) is 6.54. The number of ether oxygens (including phenoxy) is 1. The van der Waals surface area contributed by atoms with Crippen LogP contribution >= 0.6 is 22.9 Å². The van der Waals surface area contributed by atoms with Crippen molar-refractivity contribution in [2.75, 3.05) is 32.8 Å². The van der Waals surface area contributed by atoms with Crippen LogP contribution in [0.2, 0.25) is 5.02 Å². The molecule has 168 valence electrons. The summed E-state index contributed by atoms with van der Waals surface area (Å²) in [6.07, 6.45) is 5.01. The van der Waals surface area contributed by atoms with E-state index in [4.69, 9.17) is 16.3 Å². The lowest BCUT2D eigenvalue weighted by Crippen LogP contribution is -2.39. The topological polar surface area (TPSA) is 80.2 Å². The van der Waals surface area contributed by atoms with Gasteiger partial charge in [-0.1, -0.05) is 17.7 Å². The van der Waals surface area contributed by atoms with E-state index in [-0.39, 0.29) is 17.0 Å². The Morgan fingerprint density at radius 3 is 2.78 bits per heavy atom. The molecule has 0 aliphatic carbocycles. The molecule has 1 aliphatic rings. The molecular weight excluding hydrogens is 453 g/mol. The third-order valence-electron chi connectivity index (χ3n) is 5.21. The lowest BCUT2D eigenvalue weighted by Gasteiger charge is -2.29. The zero-order valence-electron chi connectivity index (χ0n) is 17.6. The van der Waals surface area contributed by atoms with E-state index in [2.05, 4.69) is 25.2 Å². The van der Waals surface area contributed by atoms with Crippen LogP contribution in [0.5, 0.6) is 0 Å². The standard InChI is InChI=1S/C22H23ClFN5O2S/c1-14-25-13-20(32-14)19(29-5-2-7-31-8-6-29)12-28-22(30)17-4-3-15(9-18(17)23)21-26-10-16(24)11-27-21/h3-4,9-11,13,19H,2,5-8,12H2,1H3,(H,28,30). The Labute approximate surface area is 194 Å². The molecular formula is C22H23ClFN5O2S. The first-order chi connectivity index (χ1) is 15.5. The van der Waals surface area contributed by atoms with Crippen molar-refractivity contribution in [1.82, 2.24) is 25.2 Å². The summed E-state index contributed by atoms with van der Waals surface area (Å²) in [6, 6.07) is 4.95.